The van der Waals surface area contributed by atoms with Gasteiger partial charge in [-0.15, -0.1) is 0 Å². The molecule has 0 spiro atoms. The van der Waals surface area contributed by atoms with Gasteiger partial charge in [-0.25, -0.2) is 0 Å². The summed E-state index contributed by atoms with van der Waals surface area (Å²) in [5.41, 5.74) is 2.51. The van der Waals surface area contributed by atoms with Crippen molar-refractivity contribution in [3.8, 4) is 0 Å². The second-order valence-electron chi connectivity index (χ2n) is 5.25. The SMILES string of the molecule is Cc1cc(CO)ccc1N1CCNC(=O)C1(C)C. The van der Waals surface area contributed by atoms with Gasteiger partial charge in [-0.2, -0.15) is 0 Å². The zero-order valence-corrected chi connectivity index (χ0v) is 11.2. The normalized spacial score (nSPS) is 18.7. The number of anilines is 1. The maximum absolute atomic E-state index is 11.9. The number of aliphatic hydroxyl groups is 1. The summed E-state index contributed by atoms with van der Waals surface area (Å²) in [7, 11) is 0. The van der Waals surface area contributed by atoms with Crippen molar-refractivity contribution < 1.29 is 9.90 Å². The minimum Gasteiger partial charge on any atom is -0.392 e. The number of amides is 1. The highest BCUT2D eigenvalue weighted by Crippen LogP contribution is 2.29. The molecule has 98 valence electrons. The first-order chi connectivity index (χ1) is 8.46. The van der Waals surface area contributed by atoms with E-state index in [1.165, 1.54) is 0 Å². The molecule has 1 fully saturated rings. The van der Waals surface area contributed by atoms with Crippen molar-refractivity contribution in [2.45, 2.75) is 32.9 Å². The van der Waals surface area contributed by atoms with Gasteiger partial charge in [0.1, 0.15) is 5.54 Å². The zero-order chi connectivity index (χ0) is 13.3. The van der Waals surface area contributed by atoms with Crippen LogP contribution in [0.3, 0.4) is 0 Å². The van der Waals surface area contributed by atoms with Crippen molar-refractivity contribution >= 4 is 11.6 Å². The fourth-order valence-electron chi connectivity index (χ4n) is 2.44. The van der Waals surface area contributed by atoms with Gasteiger partial charge in [0.2, 0.25) is 5.91 Å². The third kappa shape index (κ3) is 2.08. The van der Waals surface area contributed by atoms with Crippen molar-refractivity contribution in [2.24, 2.45) is 0 Å². The summed E-state index contributed by atoms with van der Waals surface area (Å²) in [6.07, 6.45) is 0. The van der Waals surface area contributed by atoms with Crippen LogP contribution in [0.5, 0.6) is 0 Å². The monoisotopic (exact) mass is 248 g/mol. The molecule has 4 nitrogen and oxygen atoms in total. The van der Waals surface area contributed by atoms with Gasteiger partial charge in [0.25, 0.3) is 0 Å². The van der Waals surface area contributed by atoms with E-state index in [0.29, 0.717) is 6.54 Å². The molecule has 0 saturated carbocycles. The predicted molar refractivity (Wildman–Crippen MR) is 71.5 cm³/mol. The maximum atomic E-state index is 11.9. The molecular weight excluding hydrogens is 228 g/mol. The summed E-state index contributed by atoms with van der Waals surface area (Å²) < 4.78 is 0. The number of hydrogen-bond acceptors (Lipinski definition) is 3. The van der Waals surface area contributed by atoms with Crippen LogP contribution in [-0.2, 0) is 11.4 Å². The summed E-state index contributed by atoms with van der Waals surface area (Å²) >= 11 is 0. The smallest absolute Gasteiger partial charge is 0.245 e. The lowest BCUT2D eigenvalue weighted by Crippen LogP contribution is -2.62. The van der Waals surface area contributed by atoms with Gasteiger partial charge >= 0.3 is 0 Å². The molecule has 0 aromatic heterocycles. The van der Waals surface area contributed by atoms with Crippen molar-refractivity contribution in [2.75, 3.05) is 18.0 Å². The van der Waals surface area contributed by atoms with Gasteiger partial charge in [0.15, 0.2) is 0 Å². The van der Waals surface area contributed by atoms with Gasteiger partial charge in [-0.1, -0.05) is 12.1 Å². The Balaban J connectivity index is 2.38. The van der Waals surface area contributed by atoms with E-state index < -0.39 is 5.54 Å². The molecule has 1 aromatic rings. The lowest BCUT2D eigenvalue weighted by Gasteiger charge is -2.43. The number of carbonyl (C=O) groups is 1. The molecule has 2 N–H and O–H groups in total. The number of piperazine rings is 1. The van der Waals surface area contributed by atoms with Crippen molar-refractivity contribution in [1.29, 1.82) is 0 Å². The number of nitrogens with zero attached hydrogens (tertiary/aromatic N) is 1. The van der Waals surface area contributed by atoms with Gasteiger partial charge in [-0.3, -0.25) is 4.79 Å². The Labute approximate surface area is 108 Å². The first kappa shape index (κ1) is 12.9. The Hall–Kier alpha value is -1.55. The summed E-state index contributed by atoms with van der Waals surface area (Å²) in [5.74, 6) is 0.0550. The van der Waals surface area contributed by atoms with Crippen LogP contribution in [0.15, 0.2) is 18.2 Å². The Bertz CT molecular complexity index is 469. The van der Waals surface area contributed by atoms with Crippen LogP contribution in [0.1, 0.15) is 25.0 Å². The molecule has 18 heavy (non-hydrogen) atoms. The van der Waals surface area contributed by atoms with Crippen LogP contribution in [-0.4, -0.2) is 29.6 Å². The first-order valence-electron chi connectivity index (χ1n) is 6.23. The van der Waals surface area contributed by atoms with E-state index in [2.05, 4.69) is 10.2 Å². The lowest BCUT2D eigenvalue weighted by molar-refractivity contribution is -0.126. The highest BCUT2D eigenvalue weighted by molar-refractivity contribution is 5.90. The second-order valence-corrected chi connectivity index (χ2v) is 5.25. The number of carbonyl (C=O) groups excluding carboxylic acids is 1. The van der Waals surface area contributed by atoms with E-state index in [1.54, 1.807) is 0 Å². The van der Waals surface area contributed by atoms with Crippen LogP contribution in [0.25, 0.3) is 0 Å². The Kier molecular flexibility index (Phi) is 3.30. The molecular formula is C14H20N2O2. The Morgan fingerprint density at radius 3 is 2.78 bits per heavy atom. The van der Waals surface area contributed by atoms with E-state index in [9.17, 15) is 4.79 Å². The molecule has 1 amide bonds. The van der Waals surface area contributed by atoms with E-state index in [-0.39, 0.29) is 12.5 Å². The highest BCUT2D eigenvalue weighted by Gasteiger charge is 2.38. The average molecular weight is 248 g/mol. The molecule has 1 aliphatic rings. The number of nitrogens with one attached hydrogen (secondary N) is 1. The molecule has 0 aliphatic carbocycles. The average Bonchev–Trinajstić information content (AvgIpc) is 2.33. The van der Waals surface area contributed by atoms with Crippen LogP contribution in [0.4, 0.5) is 5.69 Å². The fourth-order valence-corrected chi connectivity index (χ4v) is 2.44. The van der Waals surface area contributed by atoms with Crippen molar-refractivity contribution in [3.05, 3.63) is 29.3 Å². The van der Waals surface area contributed by atoms with Crippen molar-refractivity contribution in [3.63, 3.8) is 0 Å². The molecule has 1 heterocycles. The second kappa shape index (κ2) is 4.61. The standard InChI is InChI=1S/C14H20N2O2/c1-10-8-11(9-17)4-5-12(10)16-7-6-15-13(18)14(16,2)3/h4-5,8,17H,6-7,9H2,1-3H3,(H,15,18). The zero-order valence-electron chi connectivity index (χ0n) is 11.2. The van der Waals surface area contributed by atoms with Crippen LogP contribution < -0.4 is 10.2 Å². The third-order valence-electron chi connectivity index (χ3n) is 3.59. The van der Waals surface area contributed by atoms with Crippen LogP contribution in [0, 0.1) is 6.92 Å². The molecule has 0 atom stereocenters. The maximum Gasteiger partial charge on any atom is 0.245 e. The Morgan fingerprint density at radius 1 is 1.44 bits per heavy atom. The van der Waals surface area contributed by atoms with Crippen molar-refractivity contribution in [1.82, 2.24) is 5.32 Å². The van der Waals surface area contributed by atoms with Crippen LogP contribution in [0.2, 0.25) is 0 Å². The van der Waals surface area contributed by atoms with E-state index in [1.807, 2.05) is 39.0 Å². The number of aliphatic hydroxyl groups excluding tert-OH is 1. The molecule has 0 unspecified atom stereocenters. The highest BCUT2D eigenvalue weighted by atomic mass is 16.3. The minimum absolute atomic E-state index is 0.0466. The predicted octanol–water partition coefficient (Wildman–Crippen LogP) is 1.20. The van der Waals surface area contributed by atoms with Gasteiger partial charge in [-0.05, 0) is 38.0 Å². The number of rotatable bonds is 2. The van der Waals surface area contributed by atoms with Crippen LogP contribution >= 0.6 is 0 Å². The van der Waals surface area contributed by atoms with E-state index >= 15 is 0 Å². The van der Waals surface area contributed by atoms with Gasteiger partial charge < -0.3 is 15.3 Å². The number of hydrogen-bond donors (Lipinski definition) is 2. The lowest BCUT2D eigenvalue weighted by atomic mass is 9.96. The molecule has 1 saturated heterocycles. The topological polar surface area (TPSA) is 52.6 Å². The van der Waals surface area contributed by atoms with Gasteiger partial charge in [0.05, 0.1) is 6.61 Å². The molecule has 4 heteroatoms. The molecule has 0 radical (unpaired) electrons. The number of aryl methyl sites for hydroxylation is 1. The number of benzene rings is 1. The summed E-state index contributed by atoms with van der Waals surface area (Å²) in [5, 5.41) is 12.0. The van der Waals surface area contributed by atoms with E-state index in [4.69, 9.17) is 5.11 Å². The largest absolute Gasteiger partial charge is 0.392 e. The summed E-state index contributed by atoms with van der Waals surface area (Å²) in [6, 6.07) is 5.87. The molecule has 1 aromatic carbocycles. The molecule has 1 aliphatic heterocycles. The molecule has 2 rings (SSSR count). The third-order valence-corrected chi connectivity index (χ3v) is 3.59. The summed E-state index contributed by atoms with van der Waals surface area (Å²) in [6.45, 7) is 7.39. The summed E-state index contributed by atoms with van der Waals surface area (Å²) in [4.78, 5) is 14.1. The Morgan fingerprint density at radius 2 is 2.17 bits per heavy atom. The van der Waals surface area contributed by atoms with E-state index in [0.717, 1.165) is 23.4 Å². The minimum atomic E-state index is -0.538. The molecule has 0 bridgehead atoms. The quantitative estimate of drug-likeness (QED) is 0.827. The fraction of sp³-hybridized carbons (Fsp3) is 0.500. The van der Waals surface area contributed by atoms with Gasteiger partial charge in [0, 0.05) is 18.8 Å². The first-order valence-corrected chi connectivity index (χ1v) is 6.23.